The van der Waals surface area contributed by atoms with Crippen molar-refractivity contribution in [2.24, 2.45) is 0 Å². The highest BCUT2D eigenvalue weighted by atomic mass is 32.1. The van der Waals surface area contributed by atoms with Crippen molar-refractivity contribution in [3.8, 4) is 11.5 Å². The number of morpholine rings is 1. The van der Waals surface area contributed by atoms with E-state index in [0.717, 1.165) is 41.7 Å². The molecule has 7 heteroatoms. The van der Waals surface area contributed by atoms with Gasteiger partial charge in [-0.25, -0.2) is 0 Å². The lowest BCUT2D eigenvalue weighted by Gasteiger charge is -2.31. The molecule has 30 heavy (non-hydrogen) atoms. The van der Waals surface area contributed by atoms with Crippen LogP contribution in [0.1, 0.15) is 25.0 Å². The van der Waals surface area contributed by atoms with Crippen molar-refractivity contribution >= 4 is 34.4 Å². The minimum absolute atomic E-state index is 0.506. The average molecular weight is 430 g/mol. The molecule has 1 aliphatic heterocycles. The van der Waals surface area contributed by atoms with Crippen molar-refractivity contribution in [1.82, 2.24) is 0 Å². The van der Waals surface area contributed by atoms with E-state index < -0.39 is 0 Å². The highest BCUT2D eigenvalue weighted by Crippen LogP contribution is 2.39. The summed E-state index contributed by atoms with van der Waals surface area (Å²) in [4.78, 5) is 2.27. The number of ether oxygens (including phenoxy) is 3. The molecule has 2 aromatic rings. The Bertz CT molecular complexity index is 882. The second kappa shape index (κ2) is 10.5. The summed E-state index contributed by atoms with van der Waals surface area (Å²) in [5.41, 5.74) is 5.17. The Morgan fingerprint density at radius 1 is 1.00 bits per heavy atom. The zero-order valence-electron chi connectivity index (χ0n) is 18.2. The zero-order chi connectivity index (χ0) is 21.5. The number of anilines is 3. The molecule has 0 radical (unpaired) electrons. The highest BCUT2D eigenvalue weighted by molar-refractivity contribution is 7.80. The fraction of sp³-hybridized carbons (Fsp3) is 0.435. The fourth-order valence-corrected chi connectivity index (χ4v) is 3.63. The third-order valence-electron chi connectivity index (χ3n) is 5.11. The maximum atomic E-state index is 5.96. The predicted octanol–water partition coefficient (Wildman–Crippen LogP) is 4.75. The molecule has 0 aromatic heterocycles. The van der Waals surface area contributed by atoms with Gasteiger partial charge in [-0.15, -0.1) is 0 Å². The number of hydrogen-bond donors (Lipinski definition) is 2. The van der Waals surface area contributed by atoms with Crippen molar-refractivity contribution in [2.75, 3.05) is 55.1 Å². The number of benzene rings is 2. The molecule has 6 nitrogen and oxygen atoms in total. The minimum atomic E-state index is 0.506. The molecule has 2 N–H and O–H groups in total. The van der Waals surface area contributed by atoms with Gasteiger partial charge in [0, 0.05) is 30.9 Å². The van der Waals surface area contributed by atoms with Crippen LogP contribution in [0, 0.1) is 13.8 Å². The molecule has 0 atom stereocenters. The van der Waals surface area contributed by atoms with Crippen LogP contribution < -0.4 is 25.0 Å². The van der Waals surface area contributed by atoms with Gasteiger partial charge in [0.15, 0.2) is 5.11 Å². The Balaban J connectivity index is 1.87. The first-order valence-corrected chi connectivity index (χ1v) is 10.8. The third kappa shape index (κ3) is 5.34. The van der Waals surface area contributed by atoms with Crippen molar-refractivity contribution < 1.29 is 14.2 Å². The molecule has 3 rings (SSSR count). The molecule has 0 aliphatic carbocycles. The molecular formula is C23H31N3O3S. The second-order valence-corrected chi connectivity index (χ2v) is 7.52. The smallest absolute Gasteiger partial charge is 0.175 e. The van der Waals surface area contributed by atoms with Crippen molar-refractivity contribution in [1.29, 1.82) is 0 Å². The van der Waals surface area contributed by atoms with Gasteiger partial charge in [0.05, 0.1) is 37.8 Å². The van der Waals surface area contributed by atoms with Crippen molar-refractivity contribution in [3.63, 3.8) is 0 Å². The molecule has 1 fully saturated rings. The number of aryl methyl sites for hydroxylation is 1. The molecule has 1 heterocycles. The van der Waals surface area contributed by atoms with E-state index in [0.29, 0.717) is 31.5 Å². The van der Waals surface area contributed by atoms with Gasteiger partial charge in [-0.3, -0.25) is 0 Å². The standard InChI is InChI=1S/C23H31N3O3S/c1-5-28-21-15-20(26-10-12-27-13-11-26)22(29-6-2)14-19(21)25-23(30)24-18-9-7-8-16(3)17(18)4/h7-9,14-15H,5-6,10-13H2,1-4H3,(H2,24,25,30). The summed E-state index contributed by atoms with van der Waals surface area (Å²) >= 11 is 5.59. The van der Waals surface area contributed by atoms with Gasteiger partial charge in [-0.2, -0.15) is 0 Å². The van der Waals surface area contributed by atoms with Gasteiger partial charge in [0.25, 0.3) is 0 Å². The normalized spacial score (nSPS) is 13.7. The molecule has 0 amide bonds. The molecule has 0 bridgehead atoms. The zero-order valence-corrected chi connectivity index (χ0v) is 19.0. The van der Waals surface area contributed by atoms with Gasteiger partial charge < -0.3 is 29.7 Å². The van der Waals surface area contributed by atoms with Crippen LogP contribution in [0.15, 0.2) is 30.3 Å². The van der Waals surface area contributed by atoms with Gasteiger partial charge >= 0.3 is 0 Å². The lowest BCUT2D eigenvalue weighted by molar-refractivity contribution is 0.122. The summed E-state index contributed by atoms with van der Waals surface area (Å²) in [6.07, 6.45) is 0. The van der Waals surface area contributed by atoms with Gasteiger partial charge in [0.1, 0.15) is 11.5 Å². The van der Waals surface area contributed by atoms with E-state index in [1.165, 1.54) is 11.1 Å². The van der Waals surface area contributed by atoms with E-state index in [1.807, 2.05) is 38.1 Å². The van der Waals surface area contributed by atoms with E-state index in [1.54, 1.807) is 0 Å². The van der Waals surface area contributed by atoms with E-state index in [2.05, 4.69) is 35.4 Å². The molecule has 1 saturated heterocycles. The first kappa shape index (κ1) is 22.2. The van der Waals surface area contributed by atoms with E-state index in [-0.39, 0.29) is 0 Å². The summed E-state index contributed by atoms with van der Waals surface area (Å²) in [5.74, 6) is 1.55. The maximum Gasteiger partial charge on any atom is 0.175 e. The van der Waals surface area contributed by atoms with Gasteiger partial charge in [-0.05, 0) is 57.1 Å². The first-order chi connectivity index (χ1) is 14.5. The SMILES string of the molecule is CCOc1cc(N2CCOCC2)c(OCC)cc1NC(=S)Nc1cccc(C)c1C. The highest BCUT2D eigenvalue weighted by Gasteiger charge is 2.20. The van der Waals surface area contributed by atoms with E-state index in [9.17, 15) is 0 Å². The summed E-state index contributed by atoms with van der Waals surface area (Å²) in [6.45, 7) is 12.3. The summed E-state index contributed by atoms with van der Waals surface area (Å²) in [7, 11) is 0. The Hall–Kier alpha value is -2.51. The second-order valence-electron chi connectivity index (χ2n) is 7.11. The van der Waals surface area contributed by atoms with Crippen LogP contribution in [-0.2, 0) is 4.74 Å². The quantitative estimate of drug-likeness (QED) is 0.616. The molecule has 0 unspecified atom stereocenters. The van der Waals surface area contributed by atoms with Crippen LogP contribution in [0.5, 0.6) is 11.5 Å². The van der Waals surface area contributed by atoms with Crippen LogP contribution in [-0.4, -0.2) is 44.6 Å². The van der Waals surface area contributed by atoms with E-state index >= 15 is 0 Å². The van der Waals surface area contributed by atoms with Gasteiger partial charge in [0.2, 0.25) is 0 Å². The predicted molar refractivity (Wildman–Crippen MR) is 128 cm³/mol. The Labute approximate surface area is 184 Å². The molecule has 162 valence electrons. The Morgan fingerprint density at radius 2 is 1.67 bits per heavy atom. The third-order valence-corrected chi connectivity index (χ3v) is 5.32. The molecule has 2 aromatic carbocycles. The molecule has 1 aliphatic rings. The number of hydrogen-bond acceptors (Lipinski definition) is 5. The average Bonchev–Trinajstić information content (AvgIpc) is 2.74. The number of nitrogens with one attached hydrogen (secondary N) is 2. The topological polar surface area (TPSA) is 55.0 Å². The van der Waals surface area contributed by atoms with Crippen molar-refractivity contribution in [2.45, 2.75) is 27.7 Å². The van der Waals surface area contributed by atoms with Crippen molar-refractivity contribution in [3.05, 3.63) is 41.5 Å². The van der Waals surface area contributed by atoms with Crippen LogP contribution in [0.2, 0.25) is 0 Å². The molecule has 0 spiro atoms. The monoisotopic (exact) mass is 429 g/mol. The minimum Gasteiger partial charge on any atom is -0.492 e. The summed E-state index contributed by atoms with van der Waals surface area (Å²) in [6, 6.07) is 10.1. The fourth-order valence-electron chi connectivity index (χ4n) is 3.41. The molecular weight excluding hydrogens is 398 g/mol. The maximum absolute atomic E-state index is 5.96. The first-order valence-electron chi connectivity index (χ1n) is 10.4. The van der Waals surface area contributed by atoms with Crippen LogP contribution in [0.25, 0.3) is 0 Å². The number of nitrogens with zero attached hydrogens (tertiary/aromatic N) is 1. The number of thiocarbonyl (C=S) groups is 1. The Kier molecular flexibility index (Phi) is 7.76. The van der Waals surface area contributed by atoms with Gasteiger partial charge in [-0.1, -0.05) is 12.1 Å². The van der Waals surface area contributed by atoms with E-state index in [4.69, 9.17) is 26.4 Å². The lowest BCUT2D eigenvalue weighted by atomic mass is 10.1. The number of rotatable bonds is 7. The lowest BCUT2D eigenvalue weighted by Crippen LogP contribution is -2.36. The van der Waals surface area contributed by atoms with Crippen LogP contribution in [0.4, 0.5) is 17.1 Å². The summed E-state index contributed by atoms with van der Waals surface area (Å²) in [5, 5.41) is 7.09. The molecule has 0 saturated carbocycles. The summed E-state index contributed by atoms with van der Waals surface area (Å²) < 4.78 is 17.4. The van der Waals surface area contributed by atoms with Crippen LogP contribution in [0.3, 0.4) is 0 Å². The Morgan fingerprint density at radius 3 is 2.37 bits per heavy atom. The largest absolute Gasteiger partial charge is 0.492 e. The van der Waals surface area contributed by atoms with Crippen LogP contribution >= 0.6 is 12.2 Å².